The number of esters is 1. The lowest BCUT2D eigenvalue weighted by Gasteiger charge is -2.32. The molecule has 0 saturated carbocycles. The number of hydrogen-bond donors (Lipinski definition) is 0. The van der Waals surface area contributed by atoms with Crippen molar-refractivity contribution < 1.29 is 23.7 Å². The van der Waals surface area contributed by atoms with Crippen LogP contribution in [0.3, 0.4) is 0 Å². The fourth-order valence-electron chi connectivity index (χ4n) is 5.36. The number of fused-ring (bicyclic) bond motifs is 4. The molecule has 0 spiro atoms. The van der Waals surface area contributed by atoms with Crippen molar-refractivity contribution >= 4 is 62.3 Å². The van der Waals surface area contributed by atoms with Crippen LogP contribution in [0.25, 0.3) is 21.5 Å². The molecule has 2 aliphatic rings. The summed E-state index contributed by atoms with van der Waals surface area (Å²) in [6, 6.07) is 11.9. The first kappa shape index (κ1) is 23.6. The predicted molar refractivity (Wildman–Crippen MR) is 134 cm³/mol. The monoisotopic (exact) mass is 523 g/mol. The summed E-state index contributed by atoms with van der Waals surface area (Å²) in [7, 11) is 4.85. The molecule has 0 radical (unpaired) electrons. The topological polar surface area (TPSA) is 57.2 Å². The lowest BCUT2D eigenvalue weighted by molar-refractivity contribution is -0.145. The smallest absolute Gasteiger partial charge is 0.328 e. The van der Waals surface area contributed by atoms with Gasteiger partial charge in [-0.05, 0) is 64.2 Å². The van der Waals surface area contributed by atoms with Gasteiger partial charge in [-0.1, -0.05) is 46.9 Å². The lowest BCUT2D eigenvalue weighted by atomic mass is 9.85. The van der Waals surface area contributed by atoms with E-state index in [9.17, 15) is 4.79 Å². The number of halogens is 3. The Kier molecular flexibility index (Phi) is 5.92. The molecule has 0 bridgehead atoms. The molecule has 9 heteroatoms. The van der Waals surface area contributed by atoms with Gasteiger partial charge in [0.25, 0.3) is 0 Å². The number of hydrogen-bond acceptors (Lipinski definition) is 6. The summed E-state index contributed by atoms with van der Waals surface area (Å²) < 4.78 is 20.5. The molecule has 2 atom stereocenters. The minimum Gasteiger partial charge on any atom is -0.497 e. The van der Waals surface area contributed by atoms with Gasteiger partial charge in [0.05, 0.1) is 21.3 Å². The Balaban J connectivity index is 1.72. The van der Waals surface area contributed by atoms with E-state index in [4.69, 9.17) is 53.8 Å². The SMILES string of the molecule is COc1ccc2cc(C[C@@]34CCCN3[C@@H](C(Cl)(Cl)Cl)OC4=O)c3cc(OC)c(OC)cc3c2c1. The van der Waals surface area contributed by atoms with Crippen LogP contribution in [0.15, 0.2) is 36.4 Å². The highest BCUT2D eigenvalue weighted by Crippen LogP contribution is 2.49. The Hall–Kier alpha value is -2.12. The van der Waals surface area contributed by atoms with E-state index in [1.165, 1.54) is 0 Å². The van der Waals surface area contributed by atoms with Crippen LogP contribution < -0.4 is 14.2 Å². The van der Waals surface area contributed by atoms with Crippen molar-refractivity contribution in [2.24, 2.45) is 0 Å². The molecule has 3 aromatic carbocycles. The van der Waals surface area contributed by atoms with Crippen LogP contribution in [0, 0.1) is 0 Å². The van der Waals surface area contributed by atoms with Gasteiger partial charge in [0, 0.05) is 13.0 Å². The van der Waals surface area contributed by atoms with Crippen LogP contribution in [0.1, 0.15) is 18.4 Å². The Morgan fingerprint density at radius 2 is 1.71 bits per heavy atom. The van der Waals surface area contributed by atoms with Crippen LogP contribution in [0.2, 0.25) is 0 Å². The number of nitrogens with zero attached hydrogens (tertiary/aromatic N) is 1. The molecule has 2 saturated heterocycles. The lowest BCUT2D eigenvalue weighted by Crippen LogP contribution is -2.50. The van der Waals surface area contributed by atoms with Crippen molar-refractivity contribution in [3.63, 3.8) is 0 Å². The molecule has 0 unspecified atom stereocenters. The summed E-state index contributed by atoms with van der Waals surface area (Å²) in [5.41, 5.74) is 0.0805. The second-order valence-electron chi connectivity index (χ2n) is 8.68. The van der Waals surface area contributed by atoms with E-state index in [1.807, 2.05) is 35.2 Å². The van der Waals surface area contributed by atoms with E-state index in [0.717, 1.165) is 39.3 Å². The minimum atomic E-state index is -1.74. The Labute approximate surface area is 212 Å². The highest BCUT2D eigenvalue weighted by molar-refractivity contribution is 6.68. The maximum absolute atomic E-state index is 13.2. The normalized spacial score (nSPS) is 22.8. The molecule has 34 heavy (non-hydrogen) atoms. The Morgan fingerprint density at radius 3 is 2.35 bits per heavy atom. The number of rotatable bonds is 5. The fourth-order valence-corrected chi connectivity index (χ4v) is 5.84. The third-order valence-electron chi connectivity index (χ3n) is 6.93. The highest BCUT2D eigenvalue weighted by atomic mass is 35.6. The van der Waals surface area contributed by atoms with Crippen LogP contribution >= 0.6 is 34.8 Å². The molecule has 2 aliphatic heterocycles. The predicted octanol–water partition coefficient (Wildman–Crippen LogP) is 5.65. The second kappa shape index (κ2) is 8.52. The first-order chi connectivity index (χ1) is 16.2. The number of carbonyl (C=O) groups excluding carboxylic acids is 1. The summed E-state index contributed by atoms with van der Waals surface area (Å²) >= 11 is 18.5. The molecule has 180 valence electrons. The molecule has 5 rings (SSSR count). The molecule has 0 amide bonds. The average molecular weight is 525 g/mol. The van der Waals surface area contributed by atoms with E-state index >= 15 is 0 Å². The Morgan fingerprint density at radius 1 is 1.00 bits per heavy atom. The van der Waals surface area contributed by atoms with Crippen LogP contribution in [0.4, 0.5) is 0 Å². The maximum Gasteiger partial charge on any atom is 0.328 e. The van der Waals surface area contributed by atoms with Gasteiger partial charge in [0.15, 0.2) is 11.5 Å². The molecular weight excluding hydrogens is 501 g/mol. The number of methoxy groups -OCH3 is 3. The molecule has 2 heterocycles. The summed E-state index contributed by atoms with van der Waals surface area (Å²) in [4.78, 5) is 15.2. The fraction of sp³-hybridized carbons (Fsp3) is 0.400. The molecule has 6 nitrogen and oxygen atoms in total. The number of carbonyl (C=O) groups is 1. The molecule has 3 aromatic rings. The van der Waals surface area contributed by atoms with Crippen molar-refractivity contribution in [1.82, 2.24) is 4.90 Å². The largest absolute Gasteiger partial charge is 0.497 e. The molecule has 0 aliphatic carbocycles. The van der Waals surface area contributed by atoms with Crippen LogP contribution in [-0.2, 0) is 16.0 Å². The second-order valence-corrected chi connectivity index (χ2v) is 11.0. The quantitative estimate of drug-likeness (QED) is 0.244. The Bertz CT molecular complexity index is 1290. The van der Waals surface area contributed by atoms with Crippen molar-refractivity contribution in [2.75, 3.05) is 27.9 Å². The summed E-state index contributed by atoms with van der Waals surface area (Å²) in [5.74, 6) is 1.62. The van der Waals surface area contributed by atoms with Gasteiger partial charge in [-0.3, -0.25) is 0 Å². The van der Waals surface area contributed by atoms with E-state index in [2.05, 4.69) is 6.07 Å². The zero-order valence-corrected chi connectivity index (χ0v) is 21.3. The third-order valence-corrected chi connectivity index (χ3v) is 7.49. The van der Waals surface area contributed by atoms with E-state index in [1.54, 1.807) is 21.3 Å². The standard InChI is InChI=1S/C25H24Cl3NO5/c1-31-16-6-5-14-9-15(18-11-20(32-2)21(33-3)12-19(18)17(14)10-16)13-24-7-4-8-29(24)22(25(26,27)28)34-23(24)30/h5-6,9-12,22H,4,7-8,13H2,1-3H3/t22-,24-/m1/s1. The van der Waals surface area contributed by atoms with Crippen molar-refractivity contribution in [1.29, 1.82) is 0 Å². The summed E-state index contributed by atoms with van der Waals surface area (Å²) in [5, 5.41) is 3.94. The van der Waals surface area contributed by atoms with E-state index in [0.29, 0.717) is 30.9 Å². The van der Waals surface area contributed by atoms with Gasteiger partial charge in [-0.15, -0.1) is 0 Å². The number of cyclic esters (lactones) is 1. The summed E-state index contributed by atoms with van der Waals surface area (Å²) in [6.45, 7) is 0.615. The van der Waals surface area contributed by atoms with Gasteiger partial charge in [-0.25, -0.2) is 9.69 Å². The van der Waals surface area contributed by atoms with E-state index < -0.39 is 15.6 Å². The number of ether oxygens (including phenoxy) is 4. The van der Waals surface area contributed by atoms with E-state index in [-0.39, 0.29) is 5.97 Å². The van der Waals surface area contributed by atoms with Crippen LogP contribution in [0.5, 0.6) is 17.2 Å². The van der Waals surface area contributed by atoms with Crippen LogP contribution in [-0.4, -0.2) is 54.3 Å². The molecule has 2 fully saturated rings. The van der Waals surface area contributed by atoms with Gasteiger partial charge < -0.3 is 18.9 Å². The minimum absolute atomic E-state index is 0.357. The first-order valence-corrected chi connectivity index (χ1v) is 12.0. The highest BCUT2D eigenvalue weighted by Gasteiger charge is 2.62. The molecule has 0 N–H and O–H groups in total. The average Bonchev–Trinajstić information content (AvgIpc) is 3.35. The van der Waals surface area contributed by atoms with Gasteiger partial charge in [-0.2, -0.15) is 0 Å². The van der Waals surface area contributed by atoms with Gasteiger partial charge in [0.1, 0.15) is 11.3 Å². The molecule has 0 aromatic heterocycles. The maximum atomic E-state index is 13.2. The zero-order chi connectivity index (χ0) is 24.3. The van der Waals surface area contributed by atoms with Crippen molar-refractivity contribution in [3.8, 4) is 17.2 Å². The number of alkyl halides is 3. The zero-order valence-electron chi connectivity index (χ0n) is 19.0. The summed E-state index contributed by atoms with van der Waals surface area (Å²) in [6.07, 6.45) is 0.931. The van der Waals surface area contributed by atoms with Crippen molar-refractivity contribution in [2.45, 2.75) is 34.8 Å². The van der Waals surface area contributed by atoms with Gasteiger partial charge >= 0.3 is 5.97 Å². The molecular formula is C25H24Cl3NO5. The number of benzene rings is 3. The van der Waals surface area contributed by atoms with Gasteiger partial charge in [0.2, 0.25) is 10.0 Å². The first-order valence-electron chi connectivity index (χ1n) is 10.9. The van der Waals surface area contributed by atoms with Crippen molar-refractivity contribution in [3.05, 3.63) is 42.0 Å². The third kappa shape index (κ3) is 3.63.